The van der Waals surface area contributed by atoms with Crippen molar-refractivity contribution >= 4 is 18.2 Å². The highest BCUT2D eigenvalue weighted by Gasteiger charge is 2.41. The van der Waals surface area contributed by atoms with Crippen molar-refractivity contribution < 1.29 is 29.0 Å². The average Bonchev–Trinajstić information content (AvgIpc) is 2.58. The Morgan fingerprint density at radius 1 is 0.833 bits per heavy atom. The molecule has 0 aromatic carbocycles. The number of carbonyl (C=O) groups excluding carboxylic acids is 2. The van der Waals surface area contributed by atoms with Gasteiger partial charge in [-0.25, -0.2) is 9.59 Å². The van der Waals surface area contributed by atoms with Crippen LogP contribution in [-0.2, 0) is 14.3 Å². The summed E-state index contributed by atoms with van der Waals surface area (Å²) in [5, 5.41) is 9.61. The zero-order chi connectivity index (χ0) is 22.9. The topological polar surface area (TPSA) is 99.6 Å². The lowest BCUT2D eigenvalue weighted by molar-refractivity contribution is -0.144. The maximum atomic E-state index is 12.6. The van der Waals surface area contributed by atoms with Crippen LogP contribution in [0.15, 0.2) is 0 Å². The molecule has 9 heteroatoms. The van der Waals surface area contributed by atoms with Crippen LogP contribution in [0.5, 0.6) is 0 Å². The first-order chi connectivity index (χ1) is 13.7. The molecule has 0 unspecified atom stereocenters. The molecule has 9 nitrogen and oxygen atoms in total. The van der Waals surface area contributed by atoms with Crippen LogP contribution in [0.3, 0.4) is 0 Å². The van der Waals surface area contributed by atoms with Crippen LogP contribution >= 0.6 is 0 Å². The van der Waals surface area contributed by atoms with Crippen molar-refractivity contribution in [2.24, 2.45) is 5.92 Å². The van der Waals surface area contributed by atoms with E-state index in [0.29, 0.717) is 32.6 Å². The second-order valence-electron chi connectivity index (χ2n) is 10.3. The van der Waals surface area contributed by atoms with Gasteiger partial charge in [-0.3, -0.25) is 9.69 Å². The van der Waals surface area contributed by atoms with E-state index in [1.54, 1.807) is 25.7 Å². The molecule has 2 saturated heterocycles. The van der Waals surface area contributed by atoms with Crippen LogP contribution in [0.1, 0.15) is 54.9 Å². The largest absolute Gasteiger partial charge is 0.481 e. The summed E-state index contributed by atoms with van der Waals surface area (Å²) in [5.41, 5.74) is -1.20. The Morgan fingerprint density at radius 2 is 1.37 bits per heavy atom. The maximum absolute atomic E-state index is 12.6. The van der Waals surface area contributed by atoms with E-state index in [9.17, 15) is 19.5 Å². The Labute approximate surface area is 179 Å². The second-order valence-corrected chi connectivity index (χ2v) is 10.3. The highest BCUT2D eigenvalue weighted by atomic mass is 16.6. The molecule has 1 N–H and O–H groups in total. The summed E-state index contributed by atoms with van der Waals surface area (Å²) >= 11 is 0. The molecule has 3 atom stereocenters. The lowest BCUT2D eigenvalue weighted by Crippen LogP contribution is -2.62. The SMILES string of the molecule is C[C@H]1CN(C(=O)OC(C)(C)C)CCN1[C@H]1C[C@@H](C(=O)O)CN(C(=O)OC(C)(C)C)C1. The van der Waals surface area contributed by atoms with E-state index in [-0.39, 0.29) is 24.7 Å². The van der Waals surface area contributed by atoms with Crippen molar-refractivity contribution in [3.8, 4) is 0 Å². The molecule has 0 aromatic heterocycles. The van der Waals surface area contributed by atoms with Gasteiger partial charge in [0.15, 0.2) is 0 Å². The molecule has 2 fully saturated rings. The summed E-state index contributed by atoms with van der Waals surface area (Å²) in [5.74, 6) is -1.55. The summed E-state index contributed by atoms with van der Waals surface area (Å²) in [7, 11) is 0. The fourth-order valence-electron chi connectivity index (χ4n) is 3.97. The predicted molar refractivity (Wildman–Crippen MR) is 111 cm³/mol. The van der Waals surface area contributed by atoms with Crippen molar-refractivity contribution in [1.82, 2.24) is 14.7 Å². The van der Waals surface area contributed by atoms with Gasteiger partial charge in [0.05, 0.1) is 5.92 Å². The summed E-state index contributed by atoms with van der Waals surface area (Å²) < 4.78 is 10.9. The number of carboxylic acid groups (broad SMARTS) is 1. The van der Waals surface area contributed by atoms with E-state index in [0.717, 1.165) is 0 Å². The number of nitrogens with zero attached hydrogens (tertiary/aromatic N) is 3. The predicted octanol–water partition coefficient (Wildman–Crippen LogP) is 2.64. The standard InChI is InChI=1S/C21H37N3O6/c1-14-11-22(18(27)29-20(2,3)4)8-9-24(14)16-10-15(17(25)26)12-23(13-16)19(28)30-21(5,6)7/h14-16H,8-13H2,1-7H3,(H,25,26)/t14-,15+,16-/m0/s1. The van der Waals surface area contributed by atoms with E-state index >= 15 is 0 Å². The molecule has 0 spiro atoms. The van der Waals surface area contributed by atoms with Gasteiger partial charge in [0.1, 0.15) is 11.2 Å². The molecule has 172 valence electrons. The quantitative estimate of drug-likeness (QED) is 0.723. The number of likely N-dealkylation sites (tertiary alicyclic amines) is 1. The Kier molecular flexibility index (Phi) is 7.27. The van der Waals surface area contributed by atoms with Gasteiger partial charge >= 0.3 is 18.2 Å². The van der Waals surface area contributed by atoms with Crippen LogP contribution in [0.4, 0.5) is 9.59 Å². The third-order valence-corrected chi connectivity index (χ3v) is 5.23. The van der Waals surface area contributed by atoms with Gasteiger partial charge < -0.3 is 24.4 Å². The molecule has 30 heavy (non-hydrogen) atoms. The van der Waals surface area contributed by atoms with Gasteiger partial charge in [-0.2, -0.15) is 0 Å². The summed E-state index contributed by atoms with van der Waals surface area (Å²) in [6.45, 7) is 15.0. The molecule has 0 radical (unpaired) electrons. The van der Waals surface area contributed by atoms with Gasteiger partial charge in [0, 0.05) is 44.8 Å². The number of aliphatic carboxylic acids is 1. The molecule has 0 aromatic rings. The van der Waals surface area contributed by atoms with E-state index in [2.05, 4.69) is 4.90 Å². The number of ether oxygens (including phenoxy) is 2. The Morgan fingerprint density at radius 3 is 1.83 bits per heavy atom. The number of hydrogen-bond donors (Lipinski definition) is 1. The minimum Gasteiger partial charge on any atom is -0.481 e. The number of piperazine rings is 1. The minimum atomic E-state index is -0.909. The number of piperidine rings is 1. The third kappa shape index (κ3) is 6.75. The van der Waals surface area contributed by atoms with Crippen molar-refractivity contribution in [3.05, 3.63) is 0 Å². The first-order valence-electron chi connectivity index (χ1n) is 10.6. The van der Waals surface area contributed by atoms with Gasteiger partial charge in [0.25, 0.3) is 0 Å². The molecule has 2 heterocycles. The number of carbonyl (C=O) groups is 3. The maximum Gasteiger partial charge on any atom is 0.410 e. The molecule has 2 amide bonds. The summed E-state index contributed by atoms with van der Waals surface area (Å²) in [6, 6.07) is -0.0903. The molecule has 0 saturated carbocycles. The first kappa shape index (κ1) is 24.2. The Balaban J connectivity index is 2.07. The second kappa shape index (κ2) is 8.99. The zero-order valence-electron chi connectivity index (χ0n) is 19.3. The van der Waals surface area contributed by atoms with Crippen LogP contribution in [0.25, 0.3) is 0 Å². The Bertz CT molecular complexity index is 654. The van der Waals surface area contributed by atoms with Crippen molar-refractivity contribution in [1.29, 1.82) is 0 Å². The fraction of sp³-hybridized carbons (Fsp3) is 0.857. The van der Waals surface area contributed by atoms with E-state index in [1.165, 1.54) is 4.90 Å². The van der Waals surface area contributed by atoms with Crippen molar-refractivity contribution in [2.45, 2.75) is 78.2 Å². The molecule has 0 bridgehead atoms. The number of amides is 2. The van der Waals surface area contributed by atoms with Gasteiger partial charge in [-0.15, -0.1) is 0 Å². The van der Waals surface area contributed by atoms with Crippen LogP contribution in [0.2, 0.25) is 0 Å². The fourth-order valence-corrected chi connectivity index (χ4v) is 3.97. The Hall–Kier alpha value is -2.03. The zero-order valence-corrected chi connectivity index (χ0v) is 19.3. The lowest BCUT2D eigenvalue weighted by Gasteiger charge is -2.47. The molecule has 2 aliphatic heterocycles. The number of hydrogen-bond acceptors (Lipinski definition) is 6. The van der Waals surface area contributed by atoms with Gasteiger partial charge in [-0.05, 0) is 54.9 Å². The van der Waals surface area contributed by atoms with Crippen molar-refractivity contribution in [3.63, 3.8) is 0 Å². The van der Waals surface area contributed by atoms with Crippen molar-refractivity contribution in [2.75, 3.05) is 32.7 Å². The molecular formula is C21H37N3O6. The average molecular weight is 428 g/mol. The van der Waals surface area contributed by atoms with Crippen LogP contribution in [0, 0.1) is 5.92 Å². The number of rotatable bonds is 2. The van der Waals surface area contributed by atoms with E-state index in [4.69, 9.17) is 9.47 Å². The monoisotopic (exact) mass is 427 g/mol. The minimum absolute atomic E-state index is 0.0179. The number of carboxylic acids is 1. The summed E-state index contributed by atoms with van der Waals surface area (Å²) in [6.07, 6.45) is -0.360. The van der Waals surface area contributed by atoms with Gasteiger partial charge in [-0.1, -0.05) is 0 Å². The summed E-state index contributed by atoms with van der Waals surface area (Å²) in [4.78, 5) is 42.1. The first-order valence-corrected chi connectivity index (χ1v) is 10.6. The van der Waals surface area contributed by atoms with E-state index < -0.39 is 29.2 Å². The third-order valence-electron chi connectivity index (χ3n) is 5.23. The lowest BCUT2D eigenvalue weighted by atomic mass is 9.92. The molecule has 2 aliphatic rings. The smallest absolute Gasteiger partial charge is 0.410 e. The highest BCUT2D eigenvalue weighted by Crippen LogP contribution is 2.26. The molecular weight excluding hydrogens is 390 g/mol. The van der Waals surface area contributed by atoms with Gasteiger partial charge in [0.2, 0.25) is 0 Å². The van der Waals surface area contributed by atoms with E-state index in [1.807, 2.05) is 27.7 Å². The normalized spacial score (nSPS) is 26.3. The highest BCUT2D eigenvalue weighted by molar-refractivity contribution is 5.73. The van der Waals surface area contributed by atoms with Crippen LogP contribution < -0.4 is 0 Å². The van der Waals surface area contributed by atoms with Crippen LogP contribution in [-0.4, -0.2) is 94.0 Å². The molecule has 2 rings (SSSR count). The molecule has 0 aliphatic carbocycles.